The van der Waals surface area contributed by atoms with Crippen LogP contribution in [0.4, 0.5) is 17.5 Å². The molecular weight excluding hydrogens is 294 g/mol. The largest absolute Gasteiger partial charge is 0.495 e. The Morgan fingerprint density at radius 3 is 2.91 bits per heavy atom. The summed E-state index contributed by atoms with van der Waals surface area (Å²) < 4.78 is 5.42. The van der Waals surface area contributed by atoms with Gasteiger partial charge in [0, 0.05) is 32.4 Å². The normalized spacial score (nSPS) is 13.5. The third kappa shape index (κ3) is 2.90. The van der Waals surface area contributed by atoms with Crippen LogP contribution in [-0.4, -0.2) is 48.5 Å². The number of carbonyl (C=O) groups is 1. The van der Waals surface area contributed by atoms with Crippen molar-refractivity contribution in [1.82, 2.24) is 14.9 Å². The number of ether oxygens (including phenoxy) is 1. The van der Waals surface area contributed by atoms with Crippen LogP contribution >= 0.6 is 0 Å². The molecule has 3 rings (SSSR count). The molecule has 0 radical (unpaired) electrons. The van der Waals surface area contributed by atoms with E-state index in [1.54, 1.807) is 44.4 Å². The Morgan fingerprint density at radius 2 is 2.17 bits per heavy atom. The summed E-state index contributed by atoms with van der Waals surface area (Å²) in [6.07, 6.45) is 2.48. The number of fused-ring (bicyclic) bond motifs is 1. The van der Waals surface area contributed by atoms with Gasteiger partial charge < -0.3 is 20.3 Å². The number of hydrogen-bond acceptors (Lipinski definition) is 6. The first-order chi connectivity index (χ1) is 11.1. The van der Waals surface area contributed by atoms with Gasteiger partial charge in [0.1, 0.15) is 11.6 Å². The van der Waals surface area contributed by atoms with E-state index in [2.05, 4.69) is 20.6 Å². The van der Waals surface area contributed by atoms with Crippen molar-refractivity contribution < 1.29 is 9.53 Å². The molecule has 1 aliphatic heterocycles. The lowest BCUT2D eigenvalue weighted by atomic mass is 9.98. The van der Waals surface area contributed by atoms with Crippen LogP contribution in [0.25, 0.3) is 0 Å². The average Bonchev–Trinajstić information content (AvgIpc) is 2.58. The summed E-state index contributed by atoms with van der Waals surface area (Å²) in [5, 5.41) is 6.13. The monoisotopic (exact) mass is 313 g/mol. The molecule has 0 spiro atoms. The molecule has 2 heterocycles. The summed E-state index contributed by atoms with van der Waals surface area (Å²) in [6, 6.07) is 5.50. The van der Waals surface area contributed by atoms with E-state index in [-0.39, 0.29) is 5.91 Å². The van der Waals surface area contributed by atoms with E-state index >= 15 is 0 Å². The summed E-state index contributed by atoms with van der Waals surface area (Å²) in [5.74, 6) is 1.79. The van der Waals surface area contributed by atoms with Gasteiger partial charge in [-0.1, -0.05) is 0 Å². The molecule has 7 heteroatoms. The maximum atomic E-state index is 12.3. The van der Waals surface area contributed by atoms with Crippen molar-refractivity contribution in [1.29, 1.82) is 0 Å². The first kappa shape index (κ1) is 15.1. The van der Waals surface area contributed by atoms with Crippen LogP contribution in [0.2, 0.25) is 0 Å². The third-order valence-electron chi connectivity index (χ3n) is 3.88. The Morgan fingerprint density at radius 1 is 1.35 bits per heavy atom. The van der Waals surface area contributed by atoms with Crippen LogP contribution in [0.1, 0.15) is 15.9 Å². The zero-order valence-corrected chi connectivity index (χ0v) is 13.4. The summed E-state index contributed by atoms with van der Waals surface area (Å²) >= 11 is 0. The van der Waals surface area contributed by atoms with Crippen molar-refractivity contribution >= 4 is 23.4 Å². The molecule has 0 aliphatic carbocycles. The second kappa shape index (κ2) is 6.12. The smallest absolute Gasteiger partial charge is 0.254 e. The van der Waals surface area contributed by atoms with Crippen LogP contribution in [-0.2, 0) is 6.42 Å². The van der Waals surface area contributed by atoms with E-state index in [9.17, 15) is 4.79 Å². The molecule has 120 valence electrons. The molecule has 0 bridgehead atoms. The highest BCUT2D eigenvalue weighted by atomic mass is 16.5. The Hall–Kier alpha value is -2.83. The zero-order valence-electron chi connectivity index (χ0n) is 13.4. The number of rotatable bonds is 4. The third-order valence-corrected chi connectivity index (χ3v) is 3.88. The highest BCUT2D eigenvalue weighted by Crippen LogP contribution is 2.32. The van der Waals surface area contributed by atoms with E-state index in [1.807, 2.05) is 6.07 Å². The van der Waals surface area contributed by atoms with Crippen LogP contribution < -0.4 is 15.4 Å². The van der Waals surface area contributed by atoms with Crippen LogP contribution in [0, 0.1) is 0 Å². The molecule has 23 heavy (non-hydrogen) atoms. The van der Waals surface area contributed by atoms with Crippen LogP contribution in [0.15, 0.2) is 24.4 Å². The molecule has 2 N–H and O–H groups in total. The summed E-state index contributed by atoms with van der Waals surface area (Å²) in [5.41, 5.74) is 2.43. The number of carbonyl (C=O) groups excluding carboxylic acids is 1. The number of nitrogens with one attached hydrogen (secondary N) is 2. The quantitative estimate of drug-likeness (QED) is 0.897. The first-order valence-corrected chi connectivity index (χ1v) is 7.36. The molecule has 0 unspecified atom stereocenters. The number of nitrogens with zero attached hydrogens (tertiary/aromatic N) is 3. The highest BCUT2D eigenvalue weighted by Gasteiger charge is 2.23. The predicted molar refractivity (Wildman–Crippen MR) is 88.5 cm³/mol. The van der Waals surface area contributed by atoms with E-state index in [0.29, 0.717) is 23.8 Å². The van der Waals surface area contributed by atoms with E-state index in [4.69, 9.17) is 4.74 Å². The molecule has 0 atom stereocenters. The van der Waals surface area contributed by atoms with Crippen molar-refractivity contribution in [3.8, 4) is 5.75 Å². The number of likely N-dealkylation sites (N-methyl/N-ethyl adjacent to an activating group) is 1. The molecule has 2 aromatic rings. The standard InChI is InChI=1S/C16H19N5O2/c1-17-14-4-6-18-16(20-14)19-12-8-10-5-7-21(2)15(22)11(10)9-13(12)23-3/h4,6,8-9H,5,7H2,1-3H3,(H2,17,18,19,20). The van der Waals surface area contributed by atoms with Gasteiger partial charge in [0.05, 0.1) is 12.8 Å². The minimum atomic E-state index is 0.0181. The number of methoxy groups -OCH3 is 1. The second-order valence-corrected chi connectivity index (χ2v) is 5.33. The van der Waals surface area contributed by atoms with Gasteiger partial charge >= 0.3 is 0 Å². The summed E-state index contributed by atoms with van der Waals surface area (Å²) in [6.45, 7) is 0.712. The topological polar surface area (TPSA) is 79.4 Å². The minimum absolute atomic E-state index is 0.0181. The van der Waals surface area contributed by atoms with E-state index < -0.39 is 0 Å². The van der Waals surface area contributed by atoms with Crippen molar-refractivity contribution in [2.24, 2.45) is 0 Å². The number of amides is 1. The number of aromatic nitrogens is 2. The van der Waals surface area contributed by atoms with Crippen LogP contribution in [0.5, 0.6) is 5.75 Å². The van der Waals surface area contributed by atoms with E-state index in [0.717, 1.165) is 23.5 Å². The Labute approximate surface area is 134 Å². The fourth-order valence-corrected chi connectivity index (χ4v) is 2.57. The number of hydrogen-bond donors (Lipinski definition) is 2. The molecule has 1 amide bonds. The molecule has 0 saturated heterocycles. The SMILES string of the molecule is CNc1ccnc(Nc2cc3c(cc2OC)C(=O)N(C)CC3)n1. The Bertz CT molecular complexity index is 747. The van der Waals surface area contributed by atoms with Gasteiger partial charge in [0.15, 0.2) is 0 Å². The maximum Gasteiger partial charge on any atom is 0.254 e. The zero-order chi connectivity index (χ0) is 16.4. The Kier molecular flexibility index (Phi) is 4.01. The highest BCUT2D eigenvalue weighted by molar-refractivity contribution is 5.98. The molecular formula is C16H19N5O2. The fraction of sp³-hybridized carbons (Fsp3) is 0.312. The molecule has 7 nitrogen and oxygen atoms in total. The van der Waals surface area contributed by atoms with Crippen LogP contribution in [0.3, 0.4) is 0 Å². The van der Waals surface area contributed by atoms with Gasteiger partial charge in [-0.3, -0.25) is 4.79 Å². The summed E-state index contributed by atoms with van der Waals surface area (Å²) in [4.78, 5) is 22.5. The minimum Gasteiger partial charge on any atom is -0.495 e. The van der Waals surface area contributed by atoms with E-state index in [1.165, 1.54) is 0 Å². The lowest BCUT2D eigenvalue weighted by molar-refractivity contribution is 0.0780. The lowest BCUT2D eigenvalue weighted by Crippen LogP contribution is -2.34. The molecule has 1 aromatic carbocycles. The van der Waals surface area contributed by atoms with Crippen molar-refractivity contribution in [2.45, 2.75) is 6.42 Å². The van der Waals surface area contributed by atoms with Gasteiger partial charge in [0.2, 0.25) is 5.95 Å². The van der Waals surface area contributed by atoms with Gasteiger partial charge in [-0.25, -0.2) is 4.98 Å². The lowest BCUT2D eigenvalue weighted by Gasteiger charge is -2.26. The first-order valence-electron chi connectivity index (χ1n) is 7.36. The Balaban J connectivity index is 1.97. The van der Waals surface area contributed by atoms with Gasteiger partial charge in [-0.15, -0.1) is 0 Å². The molecule has 1 aliphatic rings. The number of benzene rings is 1. The van der Waals surface area contributed by atoms with Gasteiger partial charge in [0.25, 0.3) is 5.91 Å². The average molecular weight is 313 g/mol. The van der Waals surface area contributed by atoms with Crippen molar-refractivity contribution in [3.63, 3.8) is 0 Å². The molecule has 1 aromatic heterocycles. The second-order valence-electron chi connectivity index (χ2n) is 5.33. The fourth-order valence-electron chi connectivity index (χ4n) is 2.57. The molecule has 0 saturated carbocycles. The maximum absolute atomic E-state index is 12.3. The summed E-state index contributed by atoms with van der Waals surface area (Å²) in [7, 11) is 5.18. The van der Waals surface area contributed by atoms with Crippen molar-refractivity contribution in [3.05, 3.63) is 35.5 Å². The van der Waals surface area contributed by atoms with Gasteiger partial charge in [-0.2, -0.15) is 4.98 Å². The molecule has 0 fully saturated rings. The predicted octanol–water partition coefficient (Wildman–Crippen LogP) is 1.90. The van der Waals surface area contributed by atoms with Crippen molar-refractivity contribution in [2.75, 3.05) is 38.4 Å². The van der Waals surface area contributed by atoms with Gasteiger partial charge in [-0.05, 0) is 30.2 Å². The number of anilines is 3.